The normalized spacial score (nSPS) is 25.0. The summed E-state index contributed by atoms with van der Waals surface area (Å²) in [6, 6.07) is 0.109. The minimum Gasteiger partial charge on any atom is -0.350 e. The van der Waals surface area contributed by atoms with Gasteiger partial charge in [0.1, 0.15) is 0 Å². The van der Waals surface area contributed by atoms with Crippen molar-refractivity contribution in [3.05, 3.63) is 18.7 Å². The van der Waals surface area contributed by atoms with Crippen LogP contribution in [0.25, 0.3) is 0 Å². The van der Waals surface area contributed by atoms with Crippen LogP contribution >= 0.6 is 0 Å². The highest BCUT2D eigenvalue weighted by molar-refractivity contribution is 5.86. The van der Waals surface area contributed by atoms with E-state index in [4.69, 9.17) is 0 Å². The molecule has 1 saturated heterocycles. The van der Waals surface area contributed by atoms with Crippen molar-refractivity contribution in [2.45, 2.75) is 51.2 Å². The highest BCUT2D eigenvalue weighted by Crippen LogP contribution is 2.23. The average molecular weight is 250 g/mol. The number of carbonyl (C=O) groups excluding carboxylic acids is 1. The fourth-order valence-corrected chi connectivity index (χ4v) is 2.58. The van der Waals surface area contributed by atoms with Gasteiger partial charge in [-0.05, 0) is 32.7 Å². The minimum atomic E-state index is -0.344. The fourth-order valence-electron chi connectivity index (χ4n) is 2.58. The van der Waals surface area contributed by atoms with E-state index in [1.54, 1.807) is 12.5 Å². The monoisotopic (exact) mass is 250 g/mol. The molecule has 2 heterocycles. The smallest absolute Gasteiger partial charge is 0.240 e. The molecule has 1 aliphatic rings. The van der Waals surface area contributed by atoms with Gasteiger partial charge in [0.2, 0.25) is 5.91 Å². The number of hydrogen-bond acceptors (Lipinski definition) is 3. The molecule has 1 aliphatic heterocycles. The lowest BCUT2D eigenvalue weighted by atomic mass is 9.93. The lowest BCUT2D eigenvalue weighted by molar-refractivity contribution is -0.128. The molecule has 18 heavy (non-hydrogen) atoms. The molecule has 100 valence electrons. The number of imidazole rings is 1. The molecule has 2 rings (SSSR count). The van der Waals surface area contributed by atoms with Crippen molar-refractivity contribution in [3.8, 4) is 0 Å². The Morgan fingerprint density at radius 2 is 2.50 bits per heavy atom. The molecule has 2 N–H and O–H groups in total. The summed E-state index contributed by atoms with van der Waals surface area (Å²) in [6.07, 6.45) is 8.29. The molecule has 1 fully saturated rings. The summed E-state index contributed by atoms with van der Waals surface area (Å²) in [5.74, 6) is 0.134. The number of rotatable bonds is 5. The highest BCUT2D eigenvalue weighted by atomic mass is 16.2. The number of hydrogen-bond donors (Lipinski definition) is 2. The van der Waals surface area contributed by atoms with E-state index in [0.717, 1.165) is 32.4 Å². The van der Waals surface area contributed by atoms with Crippen molar-refractivity contribution in [2.24, 2.45) is 0 Å². The largest absolute Gasteiger partial charge is 0.350 e. The van der Waals surface area contributed by atoms with Crippen LogP contribution in [-0.2, 0) is 11.3 Å². The van der Waals surface area contributed by atoms with Crippen molar-refractivity contribution in [1.82, 2.24) is 20.2 Å². The van der Waals surface area contributed by atoms with Gasteiger partial charge in [-0.3, -0.25) is 4.79 Å². The van der Waals surface area contributed by atoms with Crippen LogP contribution in [0.5, 0.6) is 0 Å². The van der Waals surface area contributed by atoms with Crippen molar-refractivity contribution in [1.29, 1.82) is 0 Å². The standard InChI is InChI=1S/C13H22N4O/c1-3-13(5-4-6-15-13)12(18)16-11(2)9-17-8-7-14-10-17/h7-8,10-11,15H,3-6,9H2,1-2H3,(H,16,18). The van der Waals surface area contributed by atoms with Crippen LogP contribution in [0.15, 0.2) is 18.7 Å². The number of nitrogens with zero attached hydrogens (tertiary/aromatic N) is 2. The van der Waals surface area contributed by atoms with Gasteiger partial charge in [-0.1, -0.05) is 6.92 Å². The Morgan fingerprint density at radius 1 is 1.67 bits per heavy atom. The molecule has 2 atom stereocenters. The summed E-state index contributed by atoms with van der Waals surface area (Å²) in [4.78, 5) is 16.3. The lowest BCUT2D eigenvalue weighted by Crippen LogP contribution is -2.55. The van der Waals surface area contributed by atoms with Crippen molar-refractivity contribution >= 4 is 5.91 Å². The second kappa shape index (κ2) is 5.52. The molecule has 1 aromatic rings. The summed E-state index contributed by atoms with van der Waals surface area (Å²) < 4.78 is 1.98. The van der Waals surface area contributed by atoms with E-state index in [9.17, 15) is 4.79 Å². The van der Waals surface area contributed by atoms with Crippen LogP contribution in [0.2, 0.25) is 0 Å². The predicted octanol–water partition coefficient (Wildman–Crippen LogP) is 0.920. The van der Waals surface area contributed by atoms with E-state index in [1.165, 1.54) is 0 Å². The first-order valence-electron chi connectivity index (χ1n) is 6.68. The topological polar surface area (TPSA) is 59.0 Å². The zero-order valence-corrected chi connectivity index (χ0v) is 11.1. The third-order valence-electron chi connectivity index (χ3n) is 3.70. The molecule has 0 saturated carbocycles. The molecule has 1 aromatic heterocycles. The third-order valence-corrected chi connectivity index (χ3v) is 3.70. The molecule has 0 radical (unpaired) electrons. The lowest BCUT2D eigenvalue weighted by Gasteiger charge is -2.28. The first-order valence-corrected chi connectivity index (χ1v) is 6.68. The van der Waals surface area contributed by atoms with Crippen LogP contribution in [0, 0.1) is 0 Å². The number of aromatic nitrogens is 2. The van der Waals surface area contributed by atoms with Crippen LogP contribution in [0.1, 0.15) is 33.1 Å². The van der Waals surface area contributed by atoms with Gasteiger partial charge in [0.15, 0.2) is 0 Å². The van der Waals surface area contributed by atoms with Crippen LogP contribution < -0.4 is 10.6 Å². The maximum atomic E-state index is 12.3. The second-order valence-corrected chi connectivity index (χ2v) is 5.10. The zero-order valence-electron chi connectivity index (χ0n) is 11.1. The fraction of sp³-hybridized carbons (Fsp3) is 0.692. The number of nitrogens with one attached hydrogen (secondary N) is 2. The number of carbonyl (C=O) groups is 1. The molecular formula is C13H22N4O. The summed E-state index contributed by atoms with van der Waals surface area (Å²) in [5, 5.41) is 6.45. The molecule has 0 aromatic carbocycles. The summed E-state index contributed by atoms with van der Waals surface area (Å²) in [5.41, 5.74) is -0.344. The van der Waals surface area contributed by atoms with Crippen LogP contribution in [-0.4, -0.2) is 33.6 Å². The van der Waals surface area contributed by atoms with Gasteiger partial charge in [0.05, 0.1) is 11.9 Å². The van der Waals surface area contributed by atoms with Crippen LogP contribution in [0.3, 0.4) is 0 Å². The van der Waals surface area contributed by atoms with Crippen LogP contribution in [0.4, 0.5) is 0 Å². The predicted molar refractivity (Wildman–Crippen MR) is 70.1 cm³/mol. The van der Waals surface area contributed by atoms with Gasteiger partial charge >= 0.3 is 0 Å². The quantitative estimate of drug-likeness (QED) is 0.817. The molecule has 1 amide bonds. The highest BCUT2D eigenvalue weighted by Gasteiger charge is 2.39. The van der Waals surface area contributed by atoms with Crippen molar-refractivity contribution in [3.63, 3.8) is 0 Å². The van der Waals surface area contributed by atoms with Crippen molar-refractivity contribution < 1.29 is 4.79 Å². The van der Waals surface area contributed by atoms with Gasteiger partial charge in [-0.25, -0.2) is 4.98 Å². The number of amides is 1. The van der Waals surface area contributed by atoms with Crippen molar-refractivity contribution in [2.75, 3.05) is 6.54 Å². The summed E-state index contributed by atoms with van der Waals surface area (Å²) in [7, 11) is 0. The Morgan fingerprint density at radius 3 is 3.06 bits per heavy atom. The first kappa shape index (κ1) is 13.1. The summed E-state index contributed by atoms with van der Waals surface area (Å²) in [6.45, 7) is 5.79. The third kappa shape index (κ3) is 2.72. The molecule has 5 nitrogen and oxygen atoms in total. The first-order chi connectivity index (χ1) is 8.66. The van der Waals surface area contributed by atoms with Gasteiger partial charge in [0, 0.05) is 25.0 Å². The Hall–Kier alpha value is -1.36. The van der Waals surface area contributed by atoms with E-state index >= 15 is 0 Å². The molecule has 0 aliphatic carbocycles. The minimum absolute atomic E-state index is 0.109. The van der Waals surface area contributed by atoms with E-state index in [1.807, 2.05) is 17.7 Å². The molecule has 0 spiro atoms. The SMILES string of the molecule is CCC1(C(=O)NC(C)Cn2ccnc2)CCCN1. The van der Waals surface area contributed by atoms with E-state index < -0.39 is 0 Å². The Kier molecular flexibility index (Phi) is 4.01. The maximum Gasteiger partial charge on any atom is 0.240 e. The second-order valence-electron chi connectivity index (χ2n) is 5.10. The summed E-state index contributed by atoms with van der Waals surface area (Å²) >= 11 is 0. The Labute approximate surface area is 108 Å². The molecule has 0 bridgehead atoms. The van der Waals surface area contributed by atoms with Gasteiger partial charge in [0.25, 0.3) is 0 Å². The molecule has 2 unspecified atom stereocenters. The molecule has 5 heteroatoms. The van der Waals surface area contributed by atoms with Gasteiger partial charge in [-0.15, -0.1) is 0 Å². The van der Waals surface area contributed by atoms with E-state index in [-0.39, 0.29) is 17.5 Å². The average Bonchev–Trinajstić information content (AvgIpc) is 2.99. The maximum absolute atomic E-state index is 12.3. The Bertz CT molecular complexity index is 382. The van der Waals surface area contributed by atoms with Gasteiger partial charge < -0.3 is 15.2 Å². The zero-order chi connectivity index (χ0) is 13.0. The molecular weight excluding hydrogens is 228 g/mol. The van der Waals surface area contributed by atoms with E-state index in [2.05, 4.69) is 22.5 Å². The Balaban J connectivity index is 1.90. The van der Waals surface area contributed by atoms with E-state index in [0.29, 0.717) is 0 Å². The van der Waals surface area contributed by atoms with Gasteiger partial charge in [-0.2, -0.15) is 0 Å².